The highest BCUT2D eigenvalue weighted by Crippen LogP contribution is 2.26. The second-order valence-corrected chi connectivity index (χ2v) is 5.99. The number of carbonyl (C=O) groups is 1. The van der Waals surface area contributed by atoms with Crippen molar-refractivity contribution in [2.24, 2.45) is 0 Å². The zero-order chi connectivity index (χ0) is 17.1. The smallest absolute Gasteiger partial charge is 0.227 e. The number of benzene rings is 1. The molecule has 0 aliphatic carbocycles. The Kier molecular flexibility index (Phi) is 4.64. The molecule has 0 unspecified atom stereocenters. The normalized spacial score (nSPS) is 15.5. The molecule has 1 atom stereocenters. The van der Waals surface area contributed by atoms with Crippen LogP contribution in [-0.2, 0) is 4.79 Å². The largest absolute Gasteiger partial charge is 0.481 e. The fraction of sp³-hybridized carbons (Fsp3) is 0.389. The maximum Gasteiger partial charge on any atom is 0.227 e. The number of carbonyl (C=O) groups excluding carboxylic acids is 1. The minimum atomic E-state index is 0.00848. The van der Waals surface area contributed by atoms with E-state index in [0.717, 1.165) is 29.9 Å². The molecule has 1 saturated heterocycles. The summed E-state index contributed by atoms with van der Waals surface area (Å²) in [5.74, 6) is 1.26. The lowest BCUT2D eigenvalue weighted by atomic mass is 10.1. The first kappa shape index (κ1) is 16.2. The average molecular weight is 326 g/mol. The van der Waals surface area contributed by atoms with Gasteiger partial charge in [0.2, 0.25) is 17.7 Å². The standard InChI is InChI=1S/C18H22N4O2/c1-12-10-16(24-3)21-18(19-12)20-13(2)14-6-4-7-15(11-14)22-9-5-8-17(22)23/h4,6-7,10-11,13H,5,8-9H2,1-3H3,(H,19,20,21)/t13-/m1/s1. The Hall–Kier alpha value is -2.63. The lowest BCUT2D eigenvalue weighted by molar-refractivity contribution is -0.117. The fourth-order valence-corrected chi connectivity index (χ4v) is 2.87. The number of anilines is 2. The van der Waals surface area contributed by atoms with Gasteiger partial charge in [-0.3, -0.25) is 4.79 Å². The van der Waals surface area contributed by atoms with Crippen molar-refractivity contribution in [3.05, 3.63) is 41.6 Å². The van der Waals surface area contributed by atoms with E-state index in [1.807, 2.05) is 43.0 Å². The summed E-state index contributed by atoms with van der Waals surface area (Å²) in [5.41, 5.74) is 2.87. The average Bonchev–Trinajstić information content (AvgIpc) is 3.00. The van der Waals surface area contributed by atoms with Gasteiger partial charge in [-0.25, -0.2) is 4.98 Å². The summed E-state index contributed by atoms with van der Waals surface area (Å²) in [6, 6.07) is 9.84. The monoisotopic (exact) mass is 326 g/mol. The highest BCUT2D eigenvalue weighted by molar-refractivity contribution is 5.95. The van der Waals surface area contributed by atoms with Gasteiger partial charge in [0, 0.05) is 30.4 Å². The molecule has 0 saturated carbocycles. The van der Waals surface area contributed by atoms with Crippen molar-refractivity contribution in [1.29, 1.82) is 0 Å². The minimum absolute atomic E-state index is 0.00848. The molecular weight excluding hydrogens is 304 g/mol. The van der Waals surface area contributed by atoms with Crippen LogP contribution < -0.4 is 15.0 Å². The summed E-state index contributed by atoms with van der Waals surface area (Å²) in [4.78, 5) is 22.5. The highest BCUT2D eigenvalue weighted by Gasteiger charge is 2.22. The van der Waals surface area contributed by atoms with E-state index in [-0.39, 0.29) is 11.9 Å². The van der Waals surface area contributed by atoms with Crippen LogP contribution in [-0.4, -0.2) is 29.5 Å². The fourth-order valence-electron chi connectivity index (χ4n) is 2.87. The van der Waals surface area contributed by atoms with E-state index in [4.69, 9.17) is 4.74 Å². The summed E-state index contributed by atoms with van der Waals surface area (Å²) in [7, 11) is 1.59. The number of nitrogens with one attached hydrogen (secondary N) is 1. The molecule has 6 heteroatoms. The first-order valence-electron chi connectivity index (χ1n) is 8.13. The van der Waals surface area contributed by atoms with Gasteiger partial charge in [-0.2, -0.15) is 4.98 Å². The van der Waals surface area contributed by atoms with E-state index in [2.05, 4.69) is 15.3 Å². The Morgan fingerprint density at radius 2 is 2.12 bits per heavy atom. The molecule has 0 radical (unpaired) electrons. The number of rotatable bonds is 5. The first-order chi connectivity index (χ1) is 11.6. The SMILES string of the molecule is COc1cc(C)nc(N[C@H](C)c2cccc(N3CCCC3=O)c2)n1. The van der Waals surface area contributed by atoms with E-state index >= 15 is 0 Å². The Labute approximate surface area is 141 Å². The first-order valence-corrected chi connectivity index (χ1v) is 8.13. The Morgan fingerprint density at radius 1 is 1.29 bits per heavy atom. The number of nitrogens with zero attached hydrogens (tertiary/aromatic N) is 3. The molecule has 1 amide bonds. The van der Waals surface area contributed by atoms with Gasteiger partial charge in [-0.1, -0.05) is 12.1 Å². The molecule has 1 aliphatic heterocycles. The van der Waals surface area contributed by atoms with Gasteiger partial charge in [-0.05, 0) is 38.0 Å². The second kappa shape index (κ2) is 6.86. The Balaban J connectivity index is 1.79. The predicted molar refractivity (Wildman–Crippen MR) is 93.4 cm³/mol. The highest BCUT2D eigenvalue weighted by atomic mass is 16.5. The second-order valence-electron chi connectivity index (χ2n) is 5.99. The van der Waals surface area contributed by atoms with E-state index in [9.17, 15) is 4.79 Å². The van der Waals surface area contributed by atoms with Crippen LogP contribution in [0.5, 0.6) is 5.88 Å². The van der Waals surface area contributed by atoms with Crippen LogP contribution in [0.1, 0.15) is 37.1 Å². The molecule has 3 rings (SSSR count). The number of aryl methyl sites for hydroxylation is 1. The molecule has 0 spiro atoms. The maximum atomic E-state index is 11.9. The maximum absolute atomic E-state index is 11.9. The number of hydrogen-bond acceptors (Lipinski definition) is 5. The van der Waals surface area contributed by atoms with Crippen LogP contribution in [0, 0.1) is 6.92 Å². The zero-order valence-corrected chi connectivity index (χ0v) is 14.2. The molecule has 1 fully saturated rings. The van der Waals surface area contributed by atoms with Crippen molar-refractivity contribution in [1.82, 2.24) is 9.97 Å². The van der Waals surface area contributed by atoms with Crippen LogP contribution >= 0.6 is 0 Å². The number of ether oxygens (including phenoxy) is 1. The Morgan fingerprint density at radius 3 is 2.83 bits per heavy atom. The summed E-state index contributed by atoms with van der Waals surface area (Å²) in [5, 5.41) is 3.30. The topological polar surface area (TPSA) is 67.3 Å². The number of aromatic nitrogens is 2. The van der Waals surface area contributed by atoms with Crippen LogP contribution in [0.2, 0.25) is 0 Å². The third-order valence-corrected chi connectivity index (χ3v) is 4.14. The van der Waals surface area contributed by atoms with Crippen LogP contribution in [0.15, 0.2) is 30.3 Å². The summed E-state index contributed by atoms with van der Waals surface area (Å²) < 4.78 is 5.19. The summed E-state index contributed by atoms with van der Waals surface area (Å²) >= 11 is 0. The van der Waals surface area contributed by atoms with E-state index in [1.165, 1.54) is 0 Å². The van der Waals surface area contributed by atoms with E-state index < -0.39 is 0 Å². The van der Waals surface area contributed by atoms with Gasteiger partial charge in [0.15, 0.2) is 0 Å². The van der Waals surface area contributed by atoms with Gasteiger partial charge >= 0.3 is 0 Å². The number of amides is 1. The molecule has 6 nitrogen and oxygen atoms in total. The predicted octanol–water partition coefficient (Wildman–Crippen LogP) is 3.09. The van der Waals surface area contributed by atoms with Crippen LogP contribution in [0.3, 0.4) is 0 Å². The quantitative estimate of drug-likeness (QED) is 0.914. The van der Waals surface area contributed by atoms with Crippen molar-refractivity contribution in [3.63, 3.8) is 0 Å². The number of methoxy groups -OCH3 is 1. The number of hydrogen-bond donors (Lipinski definition) is 1. The van der Waals surface area contributed by atoms with Crippen LogP contribution in [0.25, 0.3) is 0 Å². The summed E-state index contributed by atoms with van der Waals surface area (Å²) in [6.45, 7) is 4.74. The van der Waals surface area contributed by atoms with Crippen molar-refractivity contribution in [2.45, 2.75) is 32.7 Å². The lowest BCUT2D eigenvalue weighted by Crippen LogP contribution is -2.23. The van der Waals surface area contributed by atoms with Gasteiger partial charge in [0.25, 0.3) is 0 Å². The van der Waals surface area contributed by atoms with Crippen molar-refractivity contribution in [2.75, 3.05) is 23.9 Å². The van der Waals surface area contributed by atoms with Crippen molar-refractivity contribution < 1.29 is 9.53 Å². The molecule has 0 bridgehead atoms. The van der Waals surface area contributed by atoms with Gasteiger partial charge < -0.3 is 15.0 Å². The molecule has 1 aromatic carbocycles. The third-order valence-electron chi connectivity index (χ3n) is 4.14. The molecule has 1 aromatic heterocycles. The van der Waals surface area contributed by atoms with E-state index in [0.29, 0.717) is 18.2 Å². The molecule has 1 aliphatic rings. The van der Waals surface area contributed by atoms with Gasteiger partial charge in [-0.15, -0.1) is 0 Å². The third kappa shape index (κ3) is 3.48. The van der Waals surface area contributed by atoms with Gasteiger partial charge in [0.1, 0.15) is 0 Å². The molecule has 2 heterocycles. The molecule has 2 aromatic rings. The molecular formula is C18H22N4O2. The van der Waals surface area contributed by atoms with E-state index in [1.54, 1.807) is 13.2 Å². The molecule has 24 heavy (non-hydrogen) atoms. The Bertz CT molecular complexity index is 748. The summed E-state index contributed by atoms with van der Waals surface area (Å²) in [6.07, 6.45) is 1.56. The van der Waals surface area contributed by atoms with Gasteiger partial charge in [0.05, 0.1) is 13.2 Å². The zero-order valence-electron chi connectivity index (χ0n) is 14.2. The minimum Gasteiger partial charge on any atom is -0.481 e. The molecule has 1 N–H and O–H groups in total. The lowest BCUT2D eigenvalue weighted by Gasteiger charge is -2.19. The van der Waals surface area contributed by atoms with Crippen molar-refractivity contribution >= 4 is 17.5 Å². The molecule has 126 valence electrons. The van der Waals surface area contributed by atoms with Crippen molar-refractivity contribution in [3.8, 4) is 5.88 Å². The van der Waals surface area contributed by atoms with Crippen LogP contribution in [0.4, 0.5) is 11.6 Å².